The van der Waals surface area contributed by atoms with Crippen molar-refractivity contribution >= 4 is 38.4 Å². The Bertz CT molecular complexity index is 954. The molecule has 0 saturated carbocycles. The Kier molecular flexibility index (Phi) is 3.75. The van der Waals surface area contributed by atoms with E-state index >= 15 is 0 Å². The molecule has 3 aromatic rings. The predicted octanol–water partition coefficient (Wildman–Crippen LogP) is 2.03. The standard InChI is InChI=1S/C19H14BrNO3/c20-14-5-6-16-12(8-14)4-7-18-17(16)10-21(11-24-18)15-3-1-2-13(9-15)19(22)23/h1-9H,10-11H2,(H,22,23). The summed E-state index contributed by atoms with van der Waals surface area (Å²) in [6, 6.07) is 17.1. The maximum Gasteiger partial charge on any atom is 0.227 e. The number of aromatic carboxylic acids is 1. The average molecular weight is 384 g/mol. The summed E-state index contributed by atoms with van der Waals surface area (Å²) >= 11 is 3.50. The summed E-state index contributed by atoms with van der Waals surface area (Å²) in [5.41, 5.74) is 2.21. The molecule has 0 saturated heterocycles. The Morgan fingerprint density at radius 3 is 2.83 bits per heavy atom. The van der Waals surface area contributed by atoms with Gasteiger partial charge < -0.3 is 14.6 Å². The van der Waals surface area contributed by atoms with E-state index in [1.807, 2.05) is 18.2 Å². The zero-order chi connectivity index (χ0) is 16.7. The van der Waals surface area contributed by atoms with Gasteiger partial charge in [0.05, 0.1) is 11.5 Å². The zero-order valence-corrected chi connectivity index (χ0v) is 14.3. The van der Waals surface area contributed by atoms with Crippen molar-refractivity contribution in [3.8, 4) is 5.75 Å². The van der Waals surface area contributed by atoms with Crippen LogP contribution >= 0.6 is 15.9 Å². The molecule has 1 N–H and O–H groups in total. The highest BCUT2D eigenvalue weighted by atomic mass is 79.9. The summed E-state index contributed by atoms with van der Waals surface area (Å²) in [6.45, 7) is 1.20. The number of ether oxygens (including phenoxy) is 1. The molecule has 0 bridgehead atoms. The van der Waals surface area contributed by atoms with Crippen LogP contribution in [0.3, 0.4) is 0 Å². The molecule has 4 nitrogen and oxygen atoms in total. The third-order valence-electron chi connectivity index (χ3n) is 4.35. The van der Waals surface area contributed by atoms with Crippen LogP contribution in [0.1, 0.15) is 15.9 Å². The Labute approximate surface area is 147 Å². The van der Waals surface area contributed by atoms with E-state index in [0.29, 0.717) is 6.73 Å². The lowest BCUT2D eigenvalue weighted by atomic mass is 10.0. The van der Waals surface area contributed by atoms with E-state index in [1.54, 1.807) is 18.2 Å². The second-order valence-electron chi connectivity index (χ2n) is 5.84. The largest absolute Gasteiger partial charge is 0.545 e. The third kappa shape index (κ3) is 2.66. The molecule has 0 aromatic heterocycles. The second kappa shape index (κ2) is 5.92. The minimum atomic E-state index is -1.16. The molecule has 1 heterocycles. The molecular weight excluding hydrogens is 370 g/mol. The van der Waals surface area contributed by atoms with Crippen molar-refractivity contribution in [2.75, 3.05) is 6.73 Å². The van der Waals surface area contributed by atoms with Crippen molar-refractivity contribution in [3.05, 3.63) is 70.2 Å². The van der Waals surface area contributed by atoms with Crippen LogP contribution in [0, 0.1) is 0 Å². The Morgan fingerprint density at radius 2 is 2.00 bits per heavy atom. The fraction of sp³-hybridized carbons (Fsp3) is 0.105. The number of carboxylic acid groups (broad SMARTS) is 1. The van der Waals surface area contributed by atoms with Gasteiger partial charge >= 0.3 is 0 Å². The SMILES string of the molecule is O=C([O-])c1cccc([NH+]2COc3ccc4cc(Br)ccc4c3C2)c1. The maximum absolute atomic E-state index is 11.1. The van der Waals surface area contributed by atoms with Crippen LogP contribution in [0.2, 0.25) is 0 Å². The van der Waals surface area contributed by atoms with Gasteiger partial charge in [0.1, 0.15) is 18.0 Å². The van der Waals surface area contributed by atoms with Crippen LogP contribution in [0.4, 0.5) is 5.69 Å². The molecule has 24 heavy (non-hydrogen) atoms. The molecule has 0 spiro atoms. The number of carbonyl (C=O) groups excluding carboxylic acids is 1. The van der Waals surface area contributed by atoms with Crippen molar-refractivity contribution in [2.45, 2.75) is 6.54 Å². The van der Waals surface area contributed by atoms with Crippen LogP contribution in [0.25, 0.3) is 10.8 Å². The molecule has 3 aromatic carbocycles. The van der Waals surface area contributed by atoms with Crippen LogP contribution in [0.15, 0.2) is 59.1 Å². The van der Waals surface area contributed by atoms with Crippen LogP contribution in [0.5, 0.6) is 5.75 Å². The molecule has 1 unspecified atom stereocenters. The van der Waals surface area contributed by atoms with Gasteiger partial charge in [0.2, 0.25) is 6.73 Å². The average Bonchev–Trinajstić information content (AvgIpc) is 2.61. The number of halogens is 1. The minimum absolute atomic E-state index is 0.188. The summed E-state index contributed by atoms with van der Waals surface area (Å²) in [6.07, 6.45) is 0. The Hall–Kier alpha value is -2.37. The number of fused-ring (bicyclic) bond motifs is 3. The molecule has 4 rings (SSSR count). The first-order chi connectivity index (χ1) is 11.6. The zero-order valence-electron chi connectivity index (χ0n) is 12.7. The summed E-state index contributed by atoms with van der Waals surface area (Å²) in [7, 11) is 0. The van der Waals surface area contributed by atoms with Crippen molar-refractivity contribution < 1.29 is 19.5 Å². The lowest BCUT2D eigenvalue weighted by molar-refractivity contribution is -0.868. The topological polar surface area (TPSA) is 53.8 Å². The number of carboxylic acids is 1. The molecule has 0 radical (unpaired) electrons. The van der Waals surface area contributed by atoms with Crippen molar-refractivity contribution in [3.63, 3.8) is 0 Å². The molecule has 0 amide bonds. The highest BCUT2D eigenvalue weighted by molar-refractivity contribution is 9.10. The monoisotopic (exact) mass is 383 g/mol. The van der Waals surface area contributed by atoms with Crippen molar-refractivity contribution in [1.82, 2.24) is 0 Å². The summed E-state index contributed by atoms with van der Waals surface area (Å²) < 4.78 is 6.96. The van der Waals surface area contributed by atoms with Gasteiger partial charge in [0.15, 0.2) is 0 Å². The summed E-state index contributed by atoms with van der Waals surface area (Å²) in [4.78, 5) is 12.2. The van der Waals surface area contributed by atoms with Crippen LogP contribution in [-0.4, -0.2) is 12.7 Å². The van der Waals surface area contributed by atoms with Gasteiger partial charge in [-0.15, -0.1) is 0 Å². The van der Waals surface area contributed by atoms with Gasteiger partial charge in [-0.2, -0.15) is 0 Å². The number of benzene rings is 3. The fourth-order valence-corrected chi connectivity index (χ4v) is 3.52. The first-order valence-electron chi connectivity index (χ1n) is 7.62. The Morgan fingerprint density at radius 1 is 1.12 bits per heavy atom. The number of hydrogen-bond donors (Lipinski definition) is 1. The number of rotatable bonds is 2. The highest BCUT2D eigenvalue weighted by Crippen LogP contribution is 2.31. The number of quaternary nitrogens is 1. The van der Waals surface area contributed by atoms with Gasteiger partial charge in [-0.25, -0.2) is 0 Å². The number of carbonyl (C=O) groups is 1. The lowest BCUT2D eigenvalue weighted by Crippen LogP contribution is -3.07. The smallest absolute Gasteiger partial charge is 0.227 e. The molecule has 0 fully saturated rings. The molecule has 5 heteroatoms. The van der Waals surface area contributed by atoms with Crippen LogP contribution < -0.4 is 14.7 Å². The minimum Gasteiger partial charge on any atom is -0.545 e. The highest BCUT2D eigenvalue weighted by Gasteiger charge is 2.24. The van der Waals surface area contributed by atoms with Crippen molar-refractivity contribution in [2.24, 2.45) is 0 Å². The van der Waals surface area contributed by atoms with E-state index in [0.717, 1.165) is 43.7 Å². The van der Waals surface area contributed by atoms with E-state index in [9.17, 15) is 9.90 Å². The Balaban J connectivity index is 1.75. The van der Waals surface area contributed by atoms with Crippen LogP contribution in [-0.2, 0) is 6.54 Å². The molecule has 1 atom stereocenters. The summed E-state index contributed by atoms with van der Waals surface area (Å²) in [5.74, 6) is -0.269. The van der Waals surface area contributed by atoms with Gasteiger partial charge in [-0.05, 0) is 35.0 Å². The molecule has 120 valence electrons. The van der Waals surface area contributed by atoms with Gasteiger partial charge in [0, 0.05) is 16.1 Å². The van der Waals surface area contributed by atoms with E-state index in [1.165, 1.54) is 0 Å². The first kappa shape index (κ1) is 15.2. The molecular formula is C19H14BrNO3. The fourth-order valence-electron chi connectivity index (χ4n) is 3.14. The molecule has 0 aliphatic carbocycles. The lowest BCUT2D eigenvalue weighted by Gasteiger charge is -2.27. The van der Waals surface area contributed by atoms with Crippen molar-refractivity contribution in [1.29, 1.82) is 0 Å². The molecule has 1 aliphatic heterocycles. The summed E-state index contributed by atoms with van der Waals surface area (Å²) in [5, 5.41) is 13.4. The van der Waals surface area contributed by atoms with Gasteiger partial charge in [-0.3, -0.25) is 4.90 Å². The third-order valence-corrected chi connectivity index (χ3v) is 4.84. The first-order valence-corrected chi connectivity index (χ1v) is 8.41. The van der Waals surface area contributed by atoms with E-state index in [-0.39, 0.29) is 5.56 Å². The second-order valence-corrected chi connectivity index (χ2v) is 6.76. The quantitative estimate of drug-likeness (QED) is 0.736. The van der Waals surface area contributed by atoms with E-state index in [2.05, 4.69) is 34.1 Å². The predicted molar refractivity (Wildman–Crippen MR) is 92.2 cm³/mol. The number of nitrogens with one attached hydrogen (secondary N) is 1. The van der Waals surface area contributed by atoms with Gasteiger partial charge in [-0.1, -0.05) is 40.2 Å². The van der Waals surface area contributed by atoms with Gasteiger partial charge in [0.25, 0.3) is 0 Å². The molecule has 1 aliphatic rings. The maximum atomic E-state index is 11.1. The normalized spacial score (nSPS) is 16.5. The number of hydrogen-bond acceptors (Lipinski definition) is 3. The van der Waals surface area contributed by atoms with E-state index in [4.69, 9.17) is 4.74 Å². The van der Waals surface area contributed by atoms with E-state index < -0.39 is 5.97 Å².